The Morgan fingerprint density at radius 1 is 0.935 bits per heavy atom. The molecule has 0 aliphatic carbocycles. The maximum atomic E-state index is 13.1. The van der Waals surface area contributed by atoms with Crippen LogP contribution in [0.4, 0.5) is 5.13 Å². The number of hydrogen-bond donors (Lipinski definition) is 2. The summed E-state index contributed by atoms with van der Waals surface area (Å²) >= 11 is 1.35. The second-order valence-electron chi connectivity index (χ2n) is 6.74. The number of amides is 1. The Morgan fingerprint density at radius 2 is 1.77 bits per heavy atom. The number of rotatable bonds is 4. The van der Waals surface area contributed by atoms with E-state index >= 15 is 0 Å². The number of nitrogens with zero attached hydrogens (tertiary/aromatic N) is 3. The third-order valence-electron chi connectivity index (χ3n) is 4.83. The van der Waals surface area contributed by atoms with Crippen LogP contribution in [0.15, 0.2) is 73.1 Å². The quantitative estimate of drug-likeness (QED) is 0.425. The van der Waals surface area contributed by atoms with E-state index in [4.69, 9.17) is 0 Å². The summed E-state index contributed by atoms with van der Waals surface area (Å²) in [7, 11) is 0. The highest BCUT2D eigenvalue weighted by molar-refractivity contribution is 7.22. The summed E-state index contributed by atoms with van der Waals surface area (Å²) in [4.78, 5) is 37.2. The fourth-order valence-electron chi connectivity index (χ4n) is 3.43. The molecule has 7 nitrogen and oxygen atoms in total. The van der Waals surface area contributed by atoms with Gasteiger partial charge < -0.3 is 5.11 Å². The van der Waals surface area contributed by atoms with E-state index in [1.54, 1.807) is 24.4 Å². The van der Waals surface area contributed by atoms with Gasteiger partial charge in [-0.3, -0.25) is 10.1 Å². The van der Waals surface area contributed by atoms with Gasteiger partial charge in [0.05, 0.1) is 4.70 Å². The number of benzene rings is 2. The van der Waals surface area contributed by atoms with Crippen LogP contribution in [-0.2, 0) is 0 Å². The average Bonchev–Trinajstić information content (AvgIpc) is 3.20. The van der Waals surface area contributed by atoms with E-state index in [0.717, 1.165) is 10.1 Å². The molecule has 0 aliphatic rings. The van der Waals surface area contributed by atoms with Crippen molar-refractivity contribution in [3.05, 3.63) is 84.3 Å². The molecule has 0 radical (unpaired) electrons. The molecule has 3 aromatic heterocycles. The van der Waals surface area contributed by atoms with Crippen LogP contribution in [0.25, 0.3) is 32.2 Å². The highest BCUT2D eigenvalue weighted by Gasteiger charge is 2.16. The number of hydrogen-bond acceptors (Lipinski definition) is 6. The van der Waals surface area contributed by atoms with Gasteiger partial charge in [0, 0.05) is 23.5 Å². The molecule has 8 heteroatoms. The van der Waals surface area contributed by atoms with Crippen molar-refractivity contribution in [3.63, 3.8) is 0 Å². The van der Waals surface area contributed by atoms with Crippen molar-refractivity contribution in [3.8, 4) is 11.1 Å². The number of carboxylic acid groups (broad SMARTS) is 1. The lowest BCUT2D eigenvalue weighted by Crippen LogP contribution is -2.12. The van der Waals surface area contributed by atoms with Gasteiger partial charge in [0.15, 0.2) is 16.5 Å². The van der Waals surface area contributed by atoms with Crippen LogP contribution in [0.3, 0.4) is 0 Å². The lowest BCUT2D eigenvalue weighted by atomic mass is 9.97. The van der Waals surface area contributed by atoms with Gasteiger partial charge in [0.25, 0.3) is 5.91 Å². The fourth-order valence-corrected chi connectivity index (χ4v) is 4.25. The summed E-state index contributed by atoms with van der Waals surface area (Å²) < 4.78 is 0.885. The number of carbonyl (C=O) groups is 2. The molecule has 5 rings (SSSR count). The van der Waals surface area contributed by atoms with Gasteiger partial charge in [-0.25, -0.2) is 14.8 Å². The Kier molecular flexibility index (Phi) is 4.61. The maximum Gasteiger partial charge on any atom is 0.355 e. The summed E-state index contributed by atoms with van der Waals surface area (Å²) in [6.45, 7) is 0. The Balaban J connectivity index is 1.57. The van der Waals surface area contributed by atoms with Gasteiger partial charge in [-0.1, -0.05) is 41.7 Å². The molecule has 0 unspecified atom stereocenters. The van der Waals surface area contributed by atoms with E-state index in [2.05, 4.69) is 20.3 Å². The summed E-state index contributed by atoms with van der Waals surface area (Å²) in [6.07, 6.45) is 3.10. The average molecular weight is 426 g/mol. The third-order valence-corrected chi connectivity index (χ3v) is 5.76. The first-order chi connectivity index (χ1) is 15.1. The number of aromatic carboxylic acids is 1. The first-order valence-electron chi connectivity index (χ1n) is 9.34. The van der Waals surface area contributed by atoms with Crippen LogP contribution >= 0.6 is 11.3 Å². The van der Waals surface area contributed by atoms with Gasteiger partial charge in [-0.05, 0) is 46.7 Å². The molecule has 150 valence electrons. The zero-order valence-electron chi connectivity index (χ0n) is 15.9. The van der Waals surface area contributed by atoms with Crippen molar-refractivity contribution in [2.24, 2.45) is 0 Å². The number of thiazole rings is 1. The topological polar surface area (TPSA) is 105 Å². The van der Waals surface area contributed by atoms with E-state index in [0.29, 0.717) is 32.9 Å². The zero-order valence-corrected chi connectivity index (χ0v) is 16.8. The molecule has 5 aromatic rings. The molecule has 0 fully saturated rings. The molecule has 0 atom stereocenters. The van der Waals surface area contributed by atoms with Crippen LogP contribution in [0.2, 0.25) is 0 Å². The largest absolute Gasteiger partial charge is 0.476 e. The van der Waals surface area contributed by atoms with E-state index in [1.807, 2.05) is 42.5 Å². The van der Waals surface area contributed by atoms with Gasteiger partial charge in [-0.15, -0.1) is 0 Å². The van der Waals surface area contributed by atoms with Crippen molar-refractivity contribution in [2.45, 2.75) is 0 Å². The maximum absolute atomic E-state index is 13.1. The zero-order chi connectivity index (χ0) is 21.4. The molecule has 0 saturated heterocycles. The van der Waals surface area contributed by atoms with Crippen molar-refractivity contribution in [1.29, 1.82) is 0 Å². The molecule has 0 aliphatic heterocycles. The lowest BCUT2D eigenvalue weighted by molar-refractivity contribution is 0.0691. The summed E-state index contributed by atoms with van der Waals surface area (Å²) in [5, 5.41) is 14.4. The van der Waals surface area contributed by atoms with Crippen molar-refractivity contribution < 1.29 is 14.7 Å². The number of aromatic nitrogens is 3. The standard InChI is InChI=1S/C23H14N4O3S/c28-21(27-23-26-20-18(31-23)7-3-11-25-20)16-5-1-4-13-8-9-14(12-17(13)16)15-6-2-10-24-19(15)22(29)30/h1-12H,(H,29,30)(H,25,26,27,28). The van der Waals surface area contributed by atoms with E-state index in [1.165, 1.54) is 17.5 Å². The monoisotopic (exact) mass is 426 g/mol. The molecule has 0 saturated carbocycles. The minimum Gasteiger partial charge on any atom is -0.476 e. The second-order valence-corrected chi connectivity index (χ2v) is 7.78. The number of nitrogens with one attached hydrogen (secondary N) is 1. The predicted molar refractivity (Wildman–Crippen MR) is 120 cm³/mol. The normalized spacial score (nSPS) is 11.0. The number of anilines is 1. The molecule has 3 heterocycles. The Labute approximate surface area is 180 Å². The number of carboxylic acids is 1. The minimum absolute atomic E-state index is 0.0363. The summed E-state index contributed by atoms with van der Waals surface area (Å²) in [5.74, 6) is -1.40. The minimum atomic E-state index is -1.11. The van der Waals surface area contributed by atoms with Gasteiger partial charge in [-0.2, -0.15) is 4.98 Å². The van der Waals surface area contributed by atoms with Gasteiger partial charge >= 0.3 is 5.97 Å². The van der Waals surface area contributed by atoms with E-state index in [9.17, 15) is 14.7 Å². The highest BCUT2D eigenvalue weighted by atomic mass is 32.1. The Hall–Kier alpha value is -4.17. The number of pyridine rings is 2. The number of fused-ring (bicyclic) bond motifs is 2. The van der Waals surface area contributed by atoms with Gasteiger partial charge in [0.1, 0.15) is 0 Å². The second kappa shape index (κ2) is 7.58. The van der Waals surface area contributed by atoms with Crippen LogP contribution < -0.4 is 5.32 Å². The molecule has 0 bridgehead atoms. The summed E-state index contributed by atoms with van der Waals surface area (Å²) in [6, 6.07) is 18.1. The van der Waals surface area contributed by atoms with Crippen LogP contribution in [-0.4, -0.2) is 31.9 Å². The number of carbonyl (C=O) groups excluding carboxylic acids is 1. The van der Waals surface area contributed by atoms with Crippen LogP contribution in [0.1, 0.15) is 20.8 Å². The van der Waals surface area contributed by atoms with Crippen LogP contribution in [0, 0.1) is 0 Å². The lowest BCUT2D eigenvalue weighted by Gasteiger charge is -2.10. The van der Waals surface area contributed by atoms with Crippen molar-refractivity contribution in [2.75, 3.05) is 5.32 Å². The molecule has 2 N–H and O–H groups in total. The van der Waals surface area contributed by atoms with Gasteiger partial charge in [0.2, 0.25) is 0 Å². The van der Waals surface area contributed by atoms with Crippen molar-refractivity contribution >= 4 is 49.5 Å². The van der Waals surface area contributed by atoms with Crippen molar-refractivity contribution in [1.82, 2.24) is 15.0 Å². The SMILES string of the molecule is O=C(O)c1ncccc1-c1ccc2cccc(C(=O)Nc3nc4ncccc4s3)c2c1. The first-order valence-corrected chi connectivity index (χ1v) is 10.2. The smallest absolute Gasteiger partial charge is 0.355 e. The fraction of sp³-hybridized carbons (Fsp3) is 0. The van der Waals surface area contributed by atoms with Crippen LogP contribution in [0.5, 0.6) is 0 Å². The molecule has 1 amide bonds. The molecular weight excluding hydrogens is 412 g/mol. The molecular formula is C23H14N4O3S. The molecule has 31 heavy (non-hydrogen) atoms. The Bertz CT molecular complexity index is 1450. The highest BCUT2D eigenvalue weighted by Crippen LogP contribution is 2.30. The summed E-state index contributed by atoms with van der Waals surface area (Å²) in [5.41, 5.74) is 2.17. The Morgan fingerprint density at radius 3 is 2.61 bits per heavy atom. The van der Waals surface area contributed by atoms with E-state index < -0.39 is 5.97 Å². The predicted octanol–water partition coefficient (Wildman–Crippen LogP) is 4.86. The van der Waals surface area contributed by atoms with E-state index in [-0.39, 0.29) is 11.6 Å². The first kappa shape index (κ1) is 18.8. The third kappa shape index (κ3) is 3.49. The molecule has 2 aromatic carbocycles. The molecule has 0 spiro atoms.